The summed E-state index contributed by atoms with van der Waals surface area (Å²) in [6.07, 6.45) is 0. The van der Waals surface area contributed by atoms with Crippen LogP contribution >= 0.6 is 15.9 Å². The van der Waals surface area contributed by atoms with Gasteiger partial charge in [-0.2, -0.15) is 5.26 Å². The summed E-state index contributed by atoms with van der Waals surface area (Å²) in [7, 11) is 0. The third-order valence-electron chi connectivity index (χ3n) is 2.93. The zero-order chi connectivity index (χ0) is 13.9. The van der Waals surface area contributed by atoms with E-state index in [9.17, 15) is 5.26 Å². The molecule has 0 aliphatic carbocycles. The third-order valence-corrected chi connectivity index (χ3v) is 3.43. The third kappa shape index (κ3) is 2.49. The van der Waals surface area contributed by atoms with Crippen molar-refractivity contribution < 1.29 is 0 Å². The van der Waals surface area contributed by atoms with Crippen molar-refractivity contribution in [2.24, 2.45) is 0 Å². The van der Waals surface area contributed by atoms with E-state index in [4.69, 9.17) is 0 Å². The van der Waals surface area contributed by atoms with Crippen LogP contribution in [0.15, 0.2) is 59.1 Å². The van der Waals surface area contributed by atoms with Gasteiger partial charge in [-0.25, -0.2) is 4.98 Å². The molecule has 3 nitrogen and oxygen atoms in total. The summed E-state index contributed by atoms with van der Waals surface area (Å²) in [5.74, 6) is 0.573. The molecule has 0 unspecified atom stereocenters. The summed E-state index contributed by atoms with van der Waals surface area (Å²) in [5.41, 5.74) is 2.28. The van der Waals surface area contributed by atoms with Crippen LogP contribution in [0.4, 0.5) is 11.5 Å². The van der Waals surface area contributed by atoms with Gasteiger partial charge in [-0.05, 0) is 30.3 Å². The van der Waals surface area contributed by atoms with Crippen LogP contribution in [0.5, 0.6) is 0 Å². The first-order valence-electron chi connectivity index (χ1n) is 6.09. The first kappa shape index (κ1) is 12.6. The lowest BCUT2D eigenvalue weighted by atomic mass is 10.1. The summed E-state index contributed by atoms with van der Waals surface area (Å²) >= 11 is 3.43. The lowest BCUT2D eigenvalue weighted by molar-refractivity contribution is 1.34. The summed E-state index contributed by atoms with van der Waals surface area (Å²) in [6.45, 7) is 0. The van der Waals surface area contributed by atoms with Crippen LogP contribution in [-0.4, -0.2) is 4.98 Å². The summed E-state index contributed by atoms with van der Waals surface area (Å²) < 4.78 is 0.974. The van der Waals surface area contributed by atoms with E-state index in [1.54, 1.807) is 0 Å². The fourth-order valence-corrected chi connectivity index (χ4v) is 2.40. The number of nitrogens with zero attached hydrogens (tertiary/aromatic N) is 2. The highest BCUT2D eigenvalue weighted by atomic mass is 79.9. The summed E-state index contributed by atoms with van der Waals surface area (Å²) in [4.78, 5) is 4.52. The number of para-hydroxylation sites is 1. The Balaban J connectivity index is 2.08. The number of aromatic nitrogens is 1. The molecule has 3 aromatic rings. The van der Waals surface area contributed by atoms with E-state index in [0.717, 1.165) is 21.1 Å². The number of benzene rings is 2. The standard InChI is InChI=1S/C16H10BrN3/c17-13-5-3-6-14(9-13)19-16-12(10-18)8-11-4-1-2-7-15(11)20-16/h1-9H,(H,19,20). The molecule has 0 amide bonds. The predicted molar refractivity (Wildman–Crippen MR) is 83.9 cm³/mol. The lowest BCUT2D eigenvalue weighted by Crippen LogP contribution is -1.97. The number of hydrogen-bond acceptors (Lipinski definition) is 3. The van der Waals surface area contributed by atoms with Gasteiger partial charge in [0.25, 0.3) is 0 Å². The first-order chi connectivity index (χ1) is 9.76. The smallest absolute Gasteiger partial charge is 0.149 e. The highest BCUT2D eigenvalue weighted by Crippen LogP contribution is 2.24. The molecule has 96 valence electrons. The van der Waals surface area contributed by atoms with E-state index in [2.05, 4.69) is 32.3 Å². The average Bonchev–Trinajstić information content (AvgIpc) is 2.46. The number of nitriles is 1. The Bertz CT molecular complexity index is 821. The maximum Gasteiger partial charge on any atom is 0.149 e. The van der Waals surface area contributed by atoms with Crippen LogP contribution in [0.1, 0.15) is 5.56 Å². The molecule has 20 heavy (non-hydrogen) atoms. The summed E-state index contributed by atoms with van der Waals surface area (Å²) in [6, 6.07) is 19.5. The van der Waals surface area contributed by atoms with Crippen molar-refractivity contribution in [3.63, 3.8) is 0 Å². The molecule has 0 saturated heterocycles. The number of rotatable bonds is 2. The number of nitrogens with one attached hydrogen (secondary N) is 1. The molecule has 3 rings (SSSR count). The van der Waals surface area contributed by atoms with E-state index < -0.39 is 0 Å². The SMILES string of the molecule is N#Cc1cc2ccccc2nc1Nc1cccc(Br)c1. The molecule has 2 aromatic carbocycles. The van der Waals surface area contributed by atoms with Crippen LogP contribution in [0, 0.1) is 11.3 Å². The van der Waals surface area contributed by atoms with Gasteiger partial charge in [-0.15, -0.1) is 0 Å². The van der Waals surface area contributed by atoms with Crippen LogP contribution in [0.3, 0.4) is 0 Å². The van der Waals surface area contributed by atoms with Gasteiger partial charge in [0.15, 0.2) is 0 Å². The van der Waals surface area contributed by atoms with Gasteiger partial charge in [0.05, 0.1) is 11.1 Å². The van der Waals surface area contributed by atoms with Crippen molar-refractivity contribution in [2.45, 2.75) is 0 Å². The maximum atomic E-state index is 9.27. The second-order valence-electron chi connectivity index (χ2n) is 4.32. The van der Waals surface area contributed by atoms with Crippen molar-refractivity contribution >= 4 is 38.3 Å². The Labute approximate surface area is 125 Å². The zero-order valence-electron chi connectivity index (χ0n) is 10.5. The number of halogens is 1. The Kier molecular flexibility index (Phi) is 3.36. The molecule has 0 aliphatic rings. The molecule has 0 saturated carbocycles. The minimum atomic E-state index is 0.531. The lowest BCUT2D eigenvalue weighted by Gasteiger charge is -2.09. The highest BCUT2D eigenvalue weighted by molar-refractivity contribution is 9.10. The van der Waals surface area contributed by atoms with Crippen LogP contribution in [-0.2, 0) is 0 Å². The van der Waals surface area contributed by atoms with Gasteiger partial charge in [-0.3, -0.25) is 0 Å². The molecule has 1 N–H and O–H groups in total. The van der Waals surface area contributed by atoms with Crippen LogP contribution in [0.25, 0.3) is 10.9 Å². The Morgan fingerprint density at radius 3 is 2.70 bits per heavy atom. The fourth-order valence-electron chi connectivity index (χ4n) is 2.00. The highest BCUT2D eigenvalue weighted by Gasteiger charge is 2.07. The molecular weight excluding hydrogens is 314 g/mol. The predicted octanol–water partition coefficient (Wildman–Crippen LogP) is 4.61. The van der Waals surface area contributed by atoms with Gasteiger partial charge in [0.1, 0.15) is 11.9 Å². The second-order valence-corrected chi connectivity index (χ2v) is 5.24. The zero-order valence-corrected chi connectivity index (χ0v) is 12.1. The van der Waals surface area contributed by atoms with Crippen molar-refractivity contribution in [1.29, 1.82) is 5.26 Å². The molecule has 1 aromatic heterocycles. The van der Waals surface area contributed by atoms with Crippen LogP contribution < -0.4 is 5.32 Å². The van der Waals surface area contributed by atoms with E-state index >= 15 is 0 Å². The number of fused-ring (bicyclic) bond motifs is 1. The molecule has 4 heteroatoms. The fraction of sp³-hybridized carbons (Fsp3) is 0. The Morgan fingerprint density at radius 1 is 1.05 bits per heavy atom. The van der Waals surface area contributed by atoms with Crippen LogP contribution in [0.2, 0.25) is 0 Å². The first-order valence-corrected chi connectivity index (χ1v) is 6.88. The second kappa shape index (κ2) is 5.32. The number of anilines is 2. The molecule has 0 spiro atoms. The van der Waals surface area contributed by atoms with Crippen molar-refractivity contribution in [3.05, 3.63) is 64.6 Å². The quantitative estimate of drug-likeness (QED) is 0.749. The van der Waals surface area contributed by atoms with Crippen molar-refractivity contribution in [2.75, 3.05) is 5.32 Å². The normalized spacial score (nSPS) is 10.2. The molecular formula is C16H10BrN3. The molecule has 1 heterocycles. The Hall–Kier alpha value is -2.38. The van der Waals surface area contributed by atoms with Gasteiger partial charge in [0.2, 0.25) is 0 Å². The van der Waals surface area contributed by atoms with E-state index in [1.807, 2.05) is 54.6 Å². The monoisotopic (exact) mass is 323 g/mol. The van der Waals surface area contributed by atoms with Gasteiger partial charge in [-0.1, -0.05) is 40.2 Å². The van der Waals surface area contributed by atoms with Gasteiger partial charge >= 0.3 is 0 Å². The Morgan fingerprint density at radius 2 is 1.90 bits per heavy atom. The van der Waals surface area contributed by atoms with E-state index in [0.29, 0.717) is 11.4 Å². The largest absolute Gasteiger partial charge is 0.339 e. The van der Waals surface area contributed by atoms with E-state index in [-0.39, 0.29) is 0 Å². The van der Waals surface area contributed by atoms with Gasteiger partial charge < -0.3 is 5.32 Å². The molecule has 0 atom stereocenters. The maximum absolute atomic E-state index is 9.27. The molecule has 0 bridgehead atoms. The minimum Gasteiger partial charge on any atom is -0.339 e. The molecule has 0 fully saturated rings. The molecule has 0 radical (unpaired) electrons. The average molecular weight is 324 g/mol. The molecule has 0 aliphatic heterocycles. The van der Waals surface area contributed by atoms with Gasteiger partial charge in [0, 0.05) is 15.5 Å². The van der Waals surface area contributed by atoms with E-state index in [1.165, 1.54) is 0 Å². The number of hydrogen-bond donors (Lipinski definition) is 1. The topological polar surface area (TPSA) is 48.7 Å². The van der Waals surface area contributed by atoms with Crippen molar-refractivity contribution in [1.82, 2.24) is 4.98 Å². The summed E-state index contributed by atoms with van der Waals surface area (Å²) in [5, 5.41) is 13.4. The number of pyridine rings is 1. The van der Waals surface area contributed by atoms with Crippen molar-refractivity contribution in [3.8, 4) is 6.07 Å². The minimum absolute atomic E-state index is 0.531.